The van der Waals surface area contributed by atoms with Crippen LogP contribution in [0, 0.1) is 0 Å². The molecule has 1 saturated heterocycles. The molecule has 4 rings (SSSR count). The Morgan fingerprint density at radius 2 is 1.73 bits per heavy atom. The van der Waals surface area contributed by atoms with E-state index in [0.717, 1.165) is 37.9 Å². The molecule has 3 aromatic rings. The van der Waals surface area contributed by atoms with Crippen LogP contribution in [0.1, 0.15) is 48.3 Å². The SMILES string of the molecule is CCCCCn1nc(C(=O)NCC(c2ccccc2)N2CCOCC2)c2ccccc2c1=O. The topological polar surface area (TPSA) is 76.5 Å². The van der Waals surface area contributed by atoms with Gasteiger partial charge in [0.15, 0.2) is 5.69 Å². The summed E-state index contributed by atoms with van der Waals surface area (Å²) in [5, 5.41) is 8.72. The Kier molecular flexibility index (Phi) is 7.86. The van der Waals surface area contributed by atoms with Crippen molar-refractivity contribution in [2.45, 2.75) is 38.8 Å². The third kappa shape index (κ3) is 5.49. The molecule has 1 N–H and O–H groups in total. The maximum atomic E-state index is 13.3. The van der Waals surface area contributed by atoms with E-state index >= 15 is 0 Å². The molecule has 33 heavy (non-hydrogen) atoms. The number of nitrogens with zero attached hydrogens (tertiary/aromatic N) is 3. The largest absolute Gasteiger partial charge is 0.379 e. The van der Waals surface area contributed by atoms with Crippen LogP contribution in [0.5, 0.6) is 0 Å². The van der Waals surface area contributed by atoms with Gasteiger partial charge in [-0.05, 0) is 18.1 Å². The molecule has 0 bridgehead atoms. The van der Waals surface area contributed by atoms with Gasteiger partial charge < -0.3 is 10.1 Å². The third-order valence-electron chi connectivity index (χ3n) is 6.18. The Hall–Kier alpha value is -3.03. The monoisotopic (exact) mass is 448 g/mol. The number of fused-ring (bicyclic) bond motifs is 1. The zero-order valence-corrected chi connectivity index (χ0v) is 19.2. The molecule has 2 aromatic carbocycles. The van der Waals surface area contributed by atoms with E-state index in [9.17, 15) is 9.59 Å². The van der Waals surface area contributed by atoms with E-state index < -0.39 is 0 Å². The number of nitrogens with one attached hydrogen (secondary N) is 1. The van der Waals surface area contributed by atoms with Crippen LogP contribution in [0.3, 0.4) is 0 Å². The normalized spacial score (nSPS) is 15.4. The standard InChI is InChI=1S/C26H32N4O3/c1-2-3-9-14-30-26(32)22-13-8-7-12-21(22)24(28-30)25(31)27-19-23(20-10-5-4-6-11-20)29-15-17-33-18-16-29/h4-8,10-13,23H,2-3,9,14-19H2,1H3,(H,27,31). The molecule has 7 nitrogen and oxygen atoms in total. The summed E-state index contributed by atoms with van der Waals surface area (Å²) in [5.74, 6) is -0.260. The lowest BCUT2D eigenvalue weighted by atomic mass is 10.0. The Labute approximate surface area is 194 Å². The molecular weight excluding hydrogens is 416 g/mol. The van der Waals surface area contributed by atoms with Crippen LogP contribution >= 0.6 is 0 Å². The molecule has 0 spiro atoms. The molecule has 1 aliphatic heterocycles. The van der Waals surface area contributed by atoms with E-state index in [1.807, 2.05) is 30.3 Å². The number of aryl methyl sites for hydroxylation is 1. The fraction of sp³-hybridized carbons (Fsp3) is 0.423. The molecule has 2 heterocycles. The summed E-state index contributed by atoms with van der Waals surface area (Å²) in [4.78, 5) is 28.6. The van der Waals surface area contributed by atoms with Gasteiger partial charge in [0.2, 0.25) is 0 Å². The van der Waals surface area contributed by atoms with Gasteiger partial charge >= 0.3 is 0 Å². The Bertz CT molecular complexity index is 1120. The van der Waals surface area contributed by atoms with Gasteiger partial charge in [-0.25, -0.2) is 4.68 Å². The van der Waals surface area contributed by atoms with Crippen molar-refractivity contribution in [3.63, 3.8) is 0 Å². The second-order valence-corrected chi connectivity index (χ2v) is 8.41. The van der Waals surface area contributed by atoms with Crippen LogP contribution in [0.25, 0.3) is 10.8 Å². The Morgan fingerprint density at radius 3 is 2.45 bits per heavy atom. The summed E-state index contributed by atoms with van der Waals surface area (Å²) in [7, 11) is 0. The number of hydrogen-bond acceptors (Lipinski definition) is 5. The third-order valence-corrected chi connectivity index (χ3v) is 6.18. The Balaban J connectivity index is 1.59. The van der Waals surface area contributed by atoms with Crippen LogP contribution in [0.15, 0.2) is 59.4 Å². The molecule has 1 unspecified atom stereocenters. The minimum absolute atomic E-state index is 0.0424. The highest BCUT2D eigenvalue weighted by Crippen LogP contribution is 2.21. The van der Waals surface area contributed by atoms with Gasteiger partial charge in [-0.3, -0.25) is 14.5 Å². The van der Waals surface area contributed by atoms with E-state index in [0.29, 0.717) is 42.8 Å². The number of aromatic nitrogens is 2. The number of carbonyl (C=O) groups excluding carboxylic acids is 1. The van der Waals surface area contributed by atoms with Gasteiger partial charge in [0, 0.05) is 31.6 Å². The zero-order chi connectivity index (χ0) is 23.0. The first kappa shape index (κ1) is 23.1. The predicted molar refractivity (Wildman–Crippen MR) is 129 cm³/mol. The van der Waals surface area contributed by atoms with E-state index in [4.69, 9.17) is 4.74 Å². The molecule has 174 valence electrons. The van der Waals surface area contributed by atoms with Gasteiger partial charge in [-0.2, -0.15) is 5.10 Å². The highest BCUT2D eigenvalue weighted by molar-refractivity contribution is 6.04. The van der Waals surface area contributed by atoms with E-state index in [1.165, 1.54) is 4.68 Å². The molecule has 1 fully saturated rings. The number of ether oxygens (including phenoxy) is 1. The highest BCUT2D eigenvalue weighted by atomic mass is 16.5. The van der Waals surface area contributed by atoms with Gasteiger partial charge in [0.05, 0.1) is 24.6 Å². The van der Waals surface area contributed by atoms with E-state index in [-0.39, 0.29) is 17.5 Å². The lowest BCUT2D eigenvalue weighted by molar-refractivity contribution is 0.0162. The number of carbonyl (C=O) groups is 1. The van der Waals surface area contributed by atoms with Crippen LogP contribution < -0.4 is 10.9 Å². The first-order valence-corrected chi connectivity index (χ1v) is 11.8. The molecule has 1 aliphatic rings. The minimum atomic E-state index is -0.260. The number of amides is 1. The minimum Gasteiger partial charge on any atom is -0.379 e. The van der Waals surface area contributed by atoms with Gasteiger partial charge in [0.1, 0.15) is 0 Å². The molecule has 0 radical (unpaired) electrons. The van der Waals surface area contributed by atoms with E-state index in [1.54, 1.807) is 12.1 Å². The average molecular weight is 449 g/mol. The van der Waals surface area contributed by atoms with Crippen molar-refractivity contribution in [3.8, 4) is 0 Å². The van der Waals surface area contributed by atoms with Crippen LogP contribution in [-0.4, -0.2) is 53.4 Å². The molecule has 7 heteroatoms. The van der Waals surface area contributed by atoms with Crippen molar-refractivity contribution in [1.82, 2.24) is 20.0 Å². The van der Waals surface area contributed by atoms with E-state index in [2.05, 4.69) is 34.4 Å². The molecular formula is C26H32N4O3. The number of rotatable bonds is 9. The average Bonchev–Trinajstić information content (AvgIpc) is 2.87. The maximum absolute atomic E-state index is 13.3. The maximum Gasteiger partial charge on any atom is 0.274 e. The van der Waals surface area contributed by atoms with Crippen molar-refractivity contribution in [2.75, 3.05) is 32.8 Å². The van der Waals surface area contributed by atoms with Crippen molar-refractivity contribution in [2.24, 2.45) is 0 Å². The van der Waals surface area contributed by atoms with Crippen molar-refractivity contribution < 1.29 is 9.53 Å². The van der Waals surface area contributed by atoms with Crippen LogP contribution in [0.4, 0.5) is 0 Å². The molecule has 1 atom stereocenters. The number of hydrogen-bond donors (Lipinski definition) is 1. The summed E-state index contributed by atoms with van der Waals surface area (Å²) in [6, 6.07) is 17.5. The van der Waals surface area contributed by atoms with Gasteiger partial charge in [-0.1, -0.05) is 68.3 Å². The smallest absolute Gasteiger partial charge is 0.274 e. The Morgan fingerprint density at radius 1 is 1.03 bits per heavy atom. The second kappa shape index (κ2) is 11.2. The number of unbranched alkanes of at least 4 members (excludes halogenated alkanes) is 2. The summed E-state index contributed by atoms with van der Waals surface area (Å²) in [6.07, 6.45) is 2.93. The molecule has 1 aromatic heterocycles. The lowest BCUT2D eigenvalue weighted by Crippen LogP contribution is -2.44. The number of benzene rings is 2. The number of morpholine rings is 1. The zero-order valence-electron chi connectivity index (χ0n) is 19.2. The quantitative estimate of drug-likeness (QED) is 0.508. The van der Waals surface area contributed by atoms with Crippen molar-refractivity contribution >= 4 is 16.7 Å². The van der Waals surface area contributed by atoms with Crippen molar-refractivity contribution in [1.29, 1.82) is 0 Å². The fourth-order valence-electron chi connectivity index (χ4n) is 4.36. The predicted octanol–water partition coefficient (Wildman–Crippen LogP) is 3.39. The van der Waals surface area contributed by atoms with Crippen molar-refractivity contribution in [3.05, 3.63) is 76.2 Å². The molecule has 0 saturated carbocycles. The molecule has 0 aliphatic carbocycles. The summed E-state index contributed by atoms with van der Waals surface area (Å²) in [6.45, 7) is 6.09. The van der Waals surface area contributed by atoms with Crippen LogP contribution in [-0.2, 0) is 11.3 Å². The lowest BCUT2D eigenvalue weighted by Gasteiger charge is -2.34. The highest BCUT2D eigenvalue weighted by Gasteiger charge is 2.24. The first-order chi connectivity index (χ1) is 16.2. The first-order valence-electron chi connectivity index (χ1n) is 11.8. The molecule has 1 amide bonds. The summed E-state index contributed by atoms with van der Waals surface area (Å²) >= 11 is 0. The van der Waals surface area contributed by atoms with Crippen LogP contribution in [0.2, 0.25) is 0 Å². The summed E-state index contributed by atoms with van der Waals surface area (Å²) in [5.41, 5.74) is 1.31. The summed E-state index contributed by atoms with van der Waals surface area (Å²) < 4.78 is 6.97. The second-order valence-electron chi connectivity index (χ2n) is 8.41. The van der Waals surface area contributed by atoms with Gasteiger partial charge in [-0.15, -0.1) is 0 Å². The van der Waals surface area contributed by atoms with Gasteiger partial charge in [0.25, 0.3) is 11.5 Å². The fourth-order valence-corrected chi connectivity index (χ4v) is 4.36.